The highest BCUT2D eigenvalue weighted by Crippen LogP contribution is 2.36. The van der Waals surface area contributed by atoms with Crippen molar-refractivity contribution in [2.75, 3.05) is 19.5 Å². The first kappa shape index (κ1) is 21.5. The molecular formula is C20H26O5SSi. The molecule has 5 nitrogen and oxygen atoms in total. The Morgan fingerprint density at radius 2 is 1.33 bits per heavy atom. The molecule has 146 valence electrons. The molecule has 0 aromatic heterocycles. The standard InChI is InChI=1S/C20H26O5SSi/c1-20(2,3)27(18-11-7-5-8-12-18,19-13-9-6-10-14-19)25-16-17(21)15-24-26(4,22)23/h5-14H,15-16H2,1-4H3. The van der Waals surface area contributed by atoms with Crippen LogP contribution in [0.4, 0.5) is 0 Å². The van der Waals surface area contributed by atoms with Crippen molar-refractivity contribution in [3.8, 4) is 0 Å². The van der Waals surface area contributed by atoms with Crippen LogP contribution in [0.1, 0.15) is 20.8 Å². The molecule has 0 amide bonds. The van der Waals surface area contributed by atoms with E-state index in [-0.39, 0.29) is 11.6 Å². The zero-order valence-electron chi connectivity index (χ0n) is 16.1. The number of ketones is 1. The van der Waals surface area contributed by atoms with E-state index in [1.165, 1.54) is 0 Å². The smallest absolute Gasteiger partial charge is 0.264 e. The number of carbonyl (C=O) groups is 1. The molecule has 0 spiro atoms. The second-order valence-corrected chi connectivity index (χ2v) is 13.4. The van der Waals surface area contributed by atoms with E-state index in [2.05, 4.69) is 25.0 Å². The highest BCUT2D eigenvalue weighted by Gasteiger charge is 2.50. The van der Waals surface area contributed by atoms with E-state index < -0.39 is 30.8 Å². The van der Waals surface area contributed by atoms with Crippen molar-refractivity contribution in [3.63, 3.8) is 0 Å². The highest BCUT2D eigenvalue weighted by atomic mass is 32.2. The lowest BCUT2D eigenvalue weighted by molar-refractivity contribution is -0.123. The van der Waals surface area contributed by atoms with Crippen molar-refractivity contribution in [2.45, 2.75) is 25.8 Å². The fourth-order valence-electron chi connectivity index (χ4n) is 3.16. The van der Waals surface area contributed by atoms with Gasteiger partial charge in [-0.1, -0.05) is 81.4 Å². The summed E-state index contributed by atoms with van der Waals surface area (Å²) in [5.41, 5.74) is 0. The molecule has 0 saturated heterocycles. The largest absolute Gasteiger partial charge is 0.400 e. The normalized spacial score (nSPS) is 12.7. The molecule has 0 fully saturated rings. The Bertz CT molecular complexity index is 819. The van der Waals surface area contributed by atoms with Crippen molar-refractivity contribution >= 4 is 34.6 Å². The number of hydrogen-bond acceptors (Lipinski definition) is 5. The summed E-state index contributed by atoms with van der Waals surface area (Å²) in [7, 11) is -6.48. The molecule has 0 N–H and O–H groups in total. The van der Waals surface area contributed by atoms with Crippen LogP contribution in [0.25, 0.3) is 0 Å². The van der Waals surface area contributed by atoms with Gasteiger partial charge in [-0.15, -0.1) is 0 Å². The molecule has 7 heteroatoms. The fraction of sp³-hybridized carbons (Fsp3) is 0.350. The summed E-state index contributed by atoms with van der Waals surface area (Å²) in [5, 5.41) is 1.86. The first-order chi connectivity index (χ1) is 12.6. The molecule has 0 unspecified atom stereocenters. The Hall–Kier alpha value is -1.80. The highest BCUT2D eigenvalue weighted by molar-refractivity contribution is 7.86. The van der Waals surface area contributed by atoms with E-state index in [4.69, 9.17) is 4.43 Å². The van der Waals surface area contributed by atoms with Crippen molar-refractivity contribution < 1.29 is 21.8 Å². The predicted octanol–water partition coefficient (Wildman–Crippen LogP) is 2.11. The van der Waals surface area contributed by atoms with Gasteiger partial charge in [0, 0.05) is 0 Å². The van der Waals surface area contributed by atoms with E-state index in [1.807, 2.05) is 60.7 Å². The second kappa shape index (κ2) is 8.47. The summed E-state index contributed by atoms with van der Waals surface area (Å²) < 4.78 is 33.3. The monoisotopic (exact) mass is 406 g/mol. The maximum Gasteiger partial charge on any atom is 0.264 e. The SMILES string of the molecule is CC(C)(C)[Si](OCC(=O)COS(C)(=O)=O)(c1ccccc1)c1ccccc1. The van der Waals surface area contributed by atoms with E-state index >= 15 is 0 Å². The molecule has 27 heavy (non-hydrogen) atoms. The molecule has 2 rings (SSSR count). The maximum atomic E-state index is 12.2. The minimum atomic E-state index is -3.67. The molecule has 0 heterocycles. The molecule has 0 bridgehead atoms. The van der Waals surface area contributed by atoms with Crippen molar-refractivity contribution in [3.05, 3.63) is 60.7 Å². The number of Topliss-reactive ketones (excluding diaryl/α,β-unsaturated/α-hetero) is 1. The summed E-state index contributed by atoms with van der Waals surface area (Å²) in [6.45, 7) is 5.60. The topological polar surface area (TPSA) is 69.7 Å². The number of benzene rings is 2. The van der Waals surface area contributed by atoms with Crippen LogP contribution in [0.5, 0.6) is 0 Å². The van der Waals surface area contributed by atoms with Gasteiger partial charge in [-0.3, -0.25) is 8.98 Å². The zero-order chi connectivity index (χ0) is 20.1. The molecule has 0 aliphatic carbocycles. The molecule has 0 aliphatic heterocycles. The van der Waals surface area contributed by atoms with Gasteiger partial charge in [-0.05, 0) is 15.4 Å². The summed E-state index contributed by atoms with van der Waals surface area (Å²) in [6.07, 6.45) is 0.920. The van der Waals surface area contributed by atoms with E-state index in [1.54, 1.807) is 0 Å². The molecule has 2 aromatic rings. The summed E-state index contributed by atoms with van der Waals surface area (Å²) in [6, 6.07) is 19.9. The molecule has 2 aromatic carbocycles. The van der Waals surface area contributed by atoms with E-state index in [0.717, 1.165) is 16.6 Å². The Balaban J connectivity index is 2.42. The minimum Gasteiger partial charge on any atom is -0.400 e. The van der Waals surface area contributed by atoms with Crippen LogP contribution < -0.4 is 10.4 Å². The van der Waals surface area contributed by atoms with E-state index in [9.17, 15) is 13.2 Å². The third-order valence-electron chi connectivity index (χ3n) is 4.30. The lowest BCUT2D eigenvalue weighted by Gasteiger charge is -2.42. The average molecular weight is 407 g/mol. The molecular weight excluding hydrogens is 380 g/mol. The Kier molecular flexibility index (Phi) is 6.75. The van der Waals surface area contributed by atoms with Gasteiger partial charge in [0.15, 0.2) is 5.78 Å². The first-order valence-electron chi connectivity index (χ1n) is 8.67. The van der Waals surface area contributed by atoms with Crippen molar-refractivity contribution in [1.29, 1.82) is 0 Å². The Morgan fingerprint density at radius 3 is 1.70 bits per heavy atom. The van der Waals surface area contributed by atoms with Gasteiger partial charge in [0.2, 0.25) is 0 Å². The summed E-state index contributed by atoms with van der Waals surface area (Å²) >= 11 is 0. The second-order valence-electron chi connectivity index (χ2n) is 7.46. The van der Waals surface area contributed by atoms with Gasteiger partial charge in [-0.2, -0.15) is 8.42 Å². The van der Waals surface area contributed by atoms with Crippen LogP contribution in [0.3, 0.4) is 0 Å². The van der Waals surface area contributed by atoms with Crippen LogP contribution >= 0.6 is 0 Å². The number of rotatable bonds is 8. The van der Waals surface area contributed by atoms with Crippen LogP contribution in [-0.4, -0.2) is 42.0 Å². The van der Waals surface area contributed by atoms with Gasteiger partial charge in [0.1, 0.15) is 6.61 Å². The van der Waals surface area contributed by atoms with Gasteiger partial charge in [-0.25, -0.2) is 0 Å². The predicted molar refractivity (Wildman–Crippen MR) is 109 cm³/mol. The van der Waals surface area contributed by atoms with Crippen LogP contribution in [0.15, 0.2) is 60.7 Å². The molecule has 0 atom stereocenters. The number of carbonyl (C=O) groups excluding carboxylic acids is 1. The quantitative estimate of drug-likeness (QED) is 0.496. The third kappa shape index (κ3) is 5.35. The summed E-state index contributed by atoms with van der Waals surface area (Å²) in [4.78, 5) is 12.2. The van der Waals surface area contributed by atoms with E-state index in [0.29, 0.717) is 0 Å². The lowest BCUT2D eigenvalue weighted by Crippen LogP contribution is -2.67. The first-order valence-corrected chi connectivity index (χ1v) is 12.4. The Morgan fingerprint density at radius 1 is 0.889 bits per heavy atom. The van der Waals surface area contributed by atoms with Gasteiger partial charge >= 0.3 is 0 Å². The fourth-order valence-corrected chi connectivity index (χ4v) is 8.04. The van der Waals surface area contributed by atoms with Crippen LogP contribution in [-0.2, 0) is 23.5 Å². The molecule has 0 aliphatic rings. The maximum absolute atomic E-state index is 12.2. The third-order valence-corrected chi connectivity index (χ3v) is 9.83. The van der Waals surface area contributed by atoms with Crippen LogP contribution in [0, 0.1) is 0 Å². The lowest BCUT2D eigenvalue weighted by atomic mass is 10.2. The average Bonchev–Trinajstić information content (AvgIpc) is 2.60. The zero-order valence-corrected chi connectivity index (χ0v) is 18.0. The van der Waals surface area contributed by atoms with Crippen molar-refractivity contribution in [1.82, 2.24) is 0 Å². The van der Waals surface area contributed by atoms with Gasteiger partial charge in [0.25, 0.3) is 18.4 Å². The molecule has 0 saturated carbocycles. The van der Waals surface area contributed by atoms with Gasteiger partial charge in [0.05, 0.1) is 12.9 Å². The van der Waals surface area contributed by atoms with Gasteiger partial charge < -0.3 is 4.43 Å². The van der Waals surface area contributed by atoms with Crippen LogP contribution in [0.2, 0.25) is 5.04 Å². The number of hydrogen-bond donors (Lipinski definition) is 0. The molecule has 0 radical (unpaired) electrons. The summed E-state index contributed by atoms with van der Waals surface area (Å²) in [5.74, 6) is -0.409. The Labute approximate surface area is 162 Å². The minimum absolute atomic E-state index is 0.206. The van der Waals surface area contributed by atoms with Crippen molar-refractivity contribution in [2.24, 2.45) is 0 Å².